The van der Waals surface area contributed by atoms with Gasteiger partial charge in [-0.25, -0.2) is 4.39 Å². The van der Waals surface area contributed by atoms with Crippen LogP contribution >= 0.6 is 15.9 Å². The first-order chi connectivity index (χ1) is 7.49. The highest BCUT2D eigenvalue weighted by molar-refractivity contribution is 9.10. The molecule has 0 spiro atoms. The van der Waals surface area contributed by atoms with Crippen LogP contribution in [0.15, 0.2) is 22.7 Å². The van der Waals surface area contributed by atoms with Crippen molar-refractivity contribution in [1.82, 2.24) is 0 Å². The smallest absolute Gasteiger partial charge is 0.325 e. The van der Waals surface area contributed by atoms with Gasteiger partial charge in [-0.3, -0.25) is 4.79 Å². The standard InChI is InChI=1S/C11H13BrFNO2/c1-7(2)16-11(15)6-14-10-4-3-8(12)5-9(10)13/h3-5,7,14H,6H2,1-2H3. The Labute approximate surface area is 102 Å². The molecule has 0 saturated carbocycles. The molecule has 0 aliphatic rings. The first kappa shape index (κ1) is 13.0. The van der Waals surface area contributed by atoms with Gasteiger partial charge in [0, 0.05) is 4.47 Å². The predicted octanol–water partition coefficient (Wildman–Crippen LogP) is 2.95. The Morgan fingerprint density at radius 1 is 1.56 bits per heavy atom. The number of rotatable bonds is 4. The number of hydrogen-bond acceptors (Lipinski definition) is 3. The van der Waals surface area contributed by atoms with Crippen LogP contribution in [0.4, 0.5) is 10.1 Å². The van der Waals surface area contributed by atoms with E-state index in [-0.39, 0.29) is 18.3 Å². The zero-order valence-electron chi connectivity index (χ0n) is 9.09. The van der Waals surface area contributed by atoms with E-state index in [0.717, 1.165) is 0 Å². The van der Waals surface area contributed by atoms with Crippen LogP contribution in [-0.4, -0.2) is 18.6 Å². The van der Waals surface area contributed by atoms with Gasteiger partial charge in [-0.15, -0.1) is 0 Å². The molecule has 0 saturated heterocycles. The van der Waals surface area contributed by atoms with Crippen molar-refractivity contribution in [1.29, 1.82) is 0 Å². The van der Waals surface area contributed by atoms with E-state index in [1.54, 1.807) is 26.0 Å². The highest BCUT2D eigenvalue weighted by atomic mass is 79.9. The summed E-state index contributed by atoms with van der Waals surface area (Å²) in [6.45, 7) is 3.48. The molecule has 16 heavy (non-hydrogen) atoms. The number of carbonyl (C=O) groups is 1. The summed E-state index contributed by atoms with van der Waals surface area (Å²) in [5.74, 6) is -0.816. The van der Waals surface area contributed by atoms with E-state index in [2.05, 4.69) is 21.2 Å². The average Bonchev–Trinajstić information content (AvgIpc) is 2.15. The number of esters is 1. The molecule has 0 aliphatic carbocycles. The third-order valence-corrected chi connectivity index (χ3v) is 2.21. The molecule has 1 N–H and O–H groups in total. The minimum Gasteiger partial charge on any atom is -0.462 e. The lowest BCUT2D eigenvalue weighted by molar-refractivity contribution is -0.145. The van der Waals surface area contributed by atoms with Crippen LogP contribution in [0.3, 0.4) is 0 Å². The Hall–Kier alpha value is -1.10. The molecular weight excluding hydrogens is 277 g/mol. The van der Waals surface area contributed by atoms with Gasteiger partial charge in [0.15, 0.2) is 0 Å². The van der Waals surface area contributed by atoms with E-state index in [4.69, 9.17) is 4.74 Å². The van der Waals surface area contributed by atoms with Gasteiger partial charge in [-0.1, -0.05) is 15.9 Å². The van der Waals surface area contributed by atoms with Crippen LogP contribution in [0, 0.1) is 5.82 Å². The molecule has 0 amide bonds. The minimum absolute atomic E-state index is 0.0449. The summed E-state index contributed by atoms with van der Waals surface area (Å²) in [5.41, 5.74) is 0.281. The number of ether oxygens (including phenoxy) is 1. The van der Waals surface area contributed by atoms with Crippen molar-refractivity contribution in [3.05, 3.63) is 28.5 Å². The van der Waals surface area contributed by atoms with Crippen molar-refractivity contribution in [3.8, 4) is 0 Å². The third-order valence-electron chi connectivity index (χ3n) is 1.72. The largest absolute Gasteiger partial charge is 0.462 e. The molecule has 0 fully saturated rings. The molecule has 0 aromatic heterocycles. The molecule has 0 bridgehead atoms. The van der Waals surface area contributed by atoms with Crippen LogP contribution in [0.25, 0.3) is 0 Å². The minimum atomic E-state index is -0.410. The van der Waals surface area contributed by atoms with E-state index in [1.165, 1.54) is 6.07 Å². The van der Waals surface area contributed by atoms with Gasteiger partial charge < -0.3 is 10.1 Å². The average molecular weight is 290 g/mol. The topological polar surface area (TPSA) is 38.3 Å². The fourth-order valence-corrected chi connectivity index (χ4v) is 1.44. The lowest BCUT2D eigenvalue weighted by Gasteiger charge is -2.10. The Balaban J connectivity index is 2.51. The molecule has 0 aliphatic heterocycles. The molecule has 88 valence electrons. The fraction of sp³-hybridized carbons (Fsp3) is 0.364. The van der Waals surface area contributed by atoms with Gasteiger partial charge in [-0.05, 0) is 32.0 Å². The van der Waals surface area contributed by atoms with Crippen molar-refractivity contribution >= 4 is 27.6 Å². The second-order valence-electron chi connectivity index (χ2n) is 3.52. The van der Waals surface area contributed by atoms with Crippen molar-refractivity contribution in [2.24, 2.45) is 0 Å². The molecule has 1 aromatic rings. The van der Waals surface area contributed by atoms with E-state index in [0.29, 0.717) is 4.47 Å². The van der Waals surface area contributed by atoms with Crippen molar-refractivity contribution in [3.63, 3.8) is 0 Å². The highest BCUT2D eigenvalue weighted by Gasteiger charge is 2.07. The third kappa shape index (κ3) is 4.18. The molecule has 0 radical (unpaired) electrons. The Morgan fingerprint density at radius 3 is 2.81 bits per heavy atom. The zero-order valence-corrected chi connectivity index (χ0v) is 10.7. The first-order valence-corrected chi connectivity index (χ1v) is 5.66. The van der Waals surface area contributed by atoms with Gasteiger partial charge in [0.05, 0.1) is 11.8 Å². The summed E-state index contributed by atoms with van der Waals surface area (Å²) < 4.78 is 18.9. The first-order valence-electron chi connectivity index (χ1n) is 4.87. The van der Waals surface area contributed by atoms with Gasteiger partial charge in [0.25, 0.3) is 0 Å². The second-order valence-corrected chi connectivity index (χ2v) is 4.43. The number of nitrogens with one attached hydrogen (secondary N) is 1. The molecule has 5 heteroatoms. The van der Waals surface area contributed by atoms with Crippen LogP contribution < -0.4 is 5.32 Å². The van der Waals surface area contributed by atoms with Crippen molar-refractivity contribution < 1.29 is 13.9 Å². The summed E-state index contributed by atoms with van der Waals surface area (Å²) >= 11 is 3.15. The molecule has 1 rings (SSSR count). The maximum atomic E-state index is 13.3. The Kier molecular flexibility index (Phi) is 4.73. The van der Waals surface area contributed by atoms with Crippen LogP contribution in [0.1, 0.15) is 13.8 Å². The molecule has 1 aromatic carbocycles. The zero-order chi connectivity index (χ0) is 12.1. The molecule has 3 nitrogen and oxygen atoms in total. The summed E-state index contributed by atoms with van der Waals surface area (Å²) in [4.78, 5) is 11.2. The SMILES string of the molecule is CC(C)OC(=O)CNc1ccc(Br)cc1F. The van der Waals surface area contributed by atoms with Gasteiger partial charge >= 0.3 is 5.97 Å². The number of halogens is 2. The van der Waals surface area contributed by atoms with E-state index >= 15 is 0 Å². The summed E-state index contributed by atoms with van der Waals surface area (Å²) in [7, 11) is 0. The molecule has 0 unspecified atom stereocenters. The Bertz CT molecular complexity index is 382. The number of anilines is 1. The fourth-order valence-electron chi connectivity index (χ4n) is 1.10. The van der Waals surface area contributed by atoms with Crippen molar-refractivity contribution in [2.45, 2.75) is 20.0 Å². The van der Waals surface area contributed by atoms with E-state index in [1.807, 2.05) is 0 Å². The lowest BCUT2D eigenvalue weighted by atomic mass is 10.3. The van der Waals surface area contributed by atoms with E-state index in [9.17, 15) is 9.18 Å². The predicted molar refractivity (Wildman–Crippen MR) is 63.8 cm³/mol. The van der Waals surface area contributed by atoms with E-state index < -0.39 is 11.8 Å². The second kappa shape index (κ2) is 5.84. The van der Waals surface area contributed by atoms with Crippen LogP contribution in [0.5, 0.6) is 0 Å². The maximum absolute atomic E-state index is 13.3. The highest BCUT2D eigenvalue weighted by Crippen LogP contribution is 2.18. The normalized spacial score (nSPS) is 10.3. The van der Waals surface area contributed by atoms with Gasteiger partial charge in [0.2, 0.25) is 0 Å². The molecular formula is C11H13BrFNO2. The van der Waals surface area contributed by atoms with Crippen LogP contribution in [0.2, 0.25) is 0 Å². The number of hydrogen-bond donors (Lipinski definition) is 1. The Morgan fingerprint density at radius 2 is 2.25 bits per heavy atom. The van der Waals surface area contributed by atoms with Crippen LogP contribution in [-0.2, 0) is 9.53 Å². The van der Waals surface area contributed by atoms with Gasteiger partial charge in [0.1, 0.15) is 12.4 Å². The van der Waals surface area contributed by atoms with Gasteiger partial charge in [-0.2, -0.15) is 0 Å². The lowest BCUT2D eigenvalue weighted by Crippen LogP contribution is -2.20. The summed E-state index contributed by atoms with van der Waals surface area (Å²) in [5, 5.41) is 2.67. The maximum Gasteiger partial charge on any atom is 0.325 e. The quantitative estimate of drug-likeness (QED) is 0.866. The monoisotopic (exact) mass is 289 g/mol. The number of carbonyl (C=O) groups excluding carboxylic acids is 1. The summed E-state index contributed by atoms with van der Waals surface area (Å²) in [6.07, 6.45) is -0.163. The van der Waals surface area contributed by atoms with Crippen molar-refractivity contribution in [2.75, 3.05) is 11.9 Å². The summed E-state index contributed by atoms with van der Waals surface area (Å²) in [6, 6.07) is 4.58. The number of benzene rings is 1. The molecule has 0 heterocycles. The molecule has 0 atom stereocenters.